The number of aromatic nitrogens is 3. The van der Waals surface area contributed by atoms with Gasteiger partial charge in [0.1, 0.15) is 4.88 Å². The molecule has 0 radical (unpaired) electrons. The van der Waals surface area contributed by atoms with Crippen molar-refractivity contribution in [2.75, 3.05) is 5.32 Å². The minimum absolute atomic E-state index is 0.165. The number of nitrogens with one attached hydrogen (secondary N) is 1. The maximum atomic E-state index is 12.2. The summed E-state index contributed by atoms with van der Waals surface area (Å²) >= 11 is 2.22. The van der Waals surface area contributed by atoms with Gasteiger partial charge in [-0.05, 0) is 11.5 Å². The van der Waals surface area contributed by atoms with E-state index in [9.17, 15) is 9.59 Å². The number of carbonyl (C=O) groups excluding carboxylic acids is 1. The molecule has 0 unspecified atom stereocenters. The molecular weight excluding hydrogens is 312 g/mol. The van der Waals surface area contributed by atoms with Crippen LogP contribution >= 0.6 is 22.9 Å². The first kappa shape index (κ1) is 15.5. The molecule has 9 heteroatoms. The van der Waals surface area contributed by atoms with E-state index in [0.29, 0.717) is 21.4 Å². The second-order valence-electron chi connectivity index (χ2n) is 5.37. The first-order valence-corrected chi connectivity index (χ1v) is 7.73. The van der Waals surface area contributed by atoms with E-state index >= 15 is 0 Å². The number of rotatable bonds is 4. The highest BCUT2D eigenvalue weighted by Crippen LogP contribution is 2.27. The van der Waals surface area contributed by atoms with Gasteiger partial charge >= 0.3 is 5.97 Å². The van der Waals surface area contributed by atoms with Gasteiger partial charge in [-0.1, -0.05) is 25.3 Å². The number of thiazole rings is 1. The van der Waals surface area contributed by atoms with Crippen LogP contribution in [-0.4, -0.2) is 31.6 Å². The Kier molecular flexibility index (Phi) is 4.33. The van der Waals surface area contributed by atoms with Gasteiger partial charge in [-0.3, -0.25) is 14.9 Å². The third-order valence-electron chi connectivity index (χ3n) is 2.51. The van der Waals surface area contributed by atoms with Gasteiger partial charge in [0.15, 0.2) is 5.13 Å². The molecule has 0 aromatic carbocycles. The van der Waals surface area contributed by atoms with Crippen LogP contribution in [0.2, 0.25) is 0 Å². The Hall–Kier alpha value is -1.87. The minimum atomic E-state index is -0.958. The van der Waals surface area contributed by atoms with Crippen molar-refractivity contribution in [3.8, 4) is 0 Å². The molecule has 2 heterocycles. The van der Waals surface area contributed by atoms with Crippen molar-refractivity contribution in [1.82, 2.24) is 14.6 Å². The van der Waals surface area contributed by atoms with Gasteiger partial charge in [-0.15, -0.1) is 16.4 Å². The summed E-state index contributed by atoms with van der Waals surface area (Å²) in [6.45, 7) is 5.86. The molecule has 2 rings (SSSR count). The molecule has 0 bridgehead atoms. The number of hydrogen-bond donors (Lipinski definition) is 2. The third-order valence-corrected chi connectivity index (χ3v) is 4.04. The first-order valence-electron chi connectivity index (χ1n) is 6.07. The van der Waals surface area contributed by atoms with E-state index in [-0.39, 0.29) is 17.7 Å². The average Bonchev–Trinajstić information content (AvgIpc) is 2.96. The topological polar surface area (TPSA) is 105 Å². The summed E-state index contributed by atoms with van der Waals surface area (Å²) in [7, 11) is 0. The van der Waals surface area contributed by atoms with Gasteiger partial charge in [0.25, 0.3) is 5.91 Å². The highest BCUT2D eigenvalue weighted by Gasteiger charge is 2.26. The van der Waals surface area contributed by atoms with Crippen molar-refractivity contribution in [2.45, 2.75) is 32.6 Å². The molecule has 2 aromatic rings. The van der Waals surface area contributed by atoms with Crippen LogP contribution in [-0.2, 0) is 16.6 Å². The molecule has 21 heavy (non-hydrogen) atoms. The maximum absolute atomic E-state index is 12.2. The fraction of sp³-hybridized carbons (Fsp3) is 0.417. The average molecular weight is 326 g/mol. The predicted octanol–water partition coefficient (Wildman–Crippen LogP) is 2.17. The Morgan fingerprint density at radius 3 is 2.71 bits per heavy atom. The zero-order chi connectivity index (χ0) is 15.6. The van der Waals surface area contributed by atoms with E-state index in [1.165, 1.54) is 11.3 Å². The molecular formula is C12H14N4O3S2. The Balaban J connectivity index is 2.14. The molecule has 0 aliphatic rings. The number of carbonyl (C=O) groups is 2. The molecule has 1 amide bonds. The first-order chi connectivity index (χ1) is 9.77. The highest BCUT2D eigenvalue weighted by atomic mass is 32.1. The van der Waals surface area contributed by atoms with Gasteiger partial charge in [-0.2, -0.15) is 0 Å². The quantitative estimate of drug-likeness (QED) is 0.892. The fourth-order valence-electron chi connectivity index (χ4n) is 1.58. The van der Waals surface area contributed by atoms with E-state index in [1.54, 1.807) is 5.38 Å². The van der Waals surface area contributed by atoms with Crippen LogP contribution in [0, 0.1) is 0 Å². The second kappa shape index (κ2) is 5.86. The molecule has 0 saturated heterocycles. The molecule has 0 spiro atoms. The number of aliphatic carboxylic acids is 1. The molecule has 0 atom stereocenters. The lowest BCUT2D eigenvalue weighted by Crippen LogP contribution is -2.19. The van der Waals surface area contributed by atoms with E-state index in [1.807, 2.05) is 20.8 Å². The number of nitrogens with zero attached hydrogens (tertiary/aromatic N) is 3. The summed E-state index contributed by atoms with van der Waals surface area (Å²) in [5, 5.41) is 17.3. The second-order valence-corrected chi connectivity index (χ2v) is 6.98. The Bertz CT molecular complexity index is 672. The van der Waals surface area contributed by atoms with Gasteiger partial charge in [-0.25, -0.2) is 4.98 Å². The van der Waals surface area contributed by atoms with E-state index in [0.717, 1.165) is 11.5 Å². The summed E-state index contributed by atoms with van der Waals surface area (Å²) in [4.78, 5) is 27.4. The standard InChI is InChI=1S/C12H14N4O3S2/c1-12(2,3)9-8(21-16-15-9)10(19)14-11-13-6(5-20-11)4-7(17)18/h5H,4H2,1-3H3,(H,17,18)(H,13,14,19). The van der Waals surface area contributed by atoms with Gasteiger partial charge in [0, 0.05) is 10.8 Å². The van der Waals surface area contributed by atoms with Crippen molar-refractivity contribution >= 4 is 39.9 Å². The largest absolute Gasteiger partial charge is 0.481 e. The van der Waals surface area contributed by atoms with Gasteiger partial charge in [0.2, 0.25) is 0 Å². The van der Waals surface area contributed by atoms with Crippen LogP contribution in [0.4, 0.5) is 5.13 Å². The summed E-state index contributed by atoms with van der Waals surface area (Å²) in [6.07, 6.45) is -0.165. The number of hydrogen-bond acceptors (Lipinski definition) is 7. The van der Waals surface area contributed by atoms with Crippen molar-refractivity contribution in [3.63, 3.8) is 0 Å². The summed E-state index contributed by atoms with van der Waals surface area (Å²) in [5.74, 6) is -1.29. The smallest absolute Gasteiger partial charge is 0.309 e. The maximum Gasteiger partial charge on any atom is 0.309 e. The lowest BCUT2D eigenvalue weighted by atomic mass is 9.91. The van der Waals surface area contributed by atoms with Crippen molar-refractivity contribution in [3.05, 3.63) is 21.6 Å². The Labute approximate surface area is 129 Å². The Morgan fingerprint density at radius 1 is 1.38 bits per heavy atom. The highest BCUT2D eigenvalue weighted by molar-refractivity contribution is 7.14. The monoisotopic (exact) mass is 326 g/mol. The summed E-state index contributed by atoms with van der Waals surface area (Å²) in [5.41, 5.74) is 0.769. The van der Waals surface area contributed by atoms with Crippen LogP contribution in [0.25, 0.3) is 0 Å². The molecule has 7 nitrogen and oxygen atoms in total. The molecule has 2 N–H and O–H groups in total. The number of carboxylic acids is 1. The van der Waals surface area contributed by atoms with Crippen molar-refractivity contribution in [1.29, 1.82) is 0 Å². The number of carboxylic acid groups (broad SMARTS) is 1. The molecule has 112 valence electrons. The summed E-state index contributed by atoms with van der Waals surface area (Å²) < 4.78 is 3.83. The van der Waals surface area contributed by atoms with Crippen LogP contribution in [0.1, 0.15) is 41.8 Å². The zero-order valence-electron chi connectivity index (χ0n) is 11.7. The summed E-state index contributed by atoms with van der Waals surface area (Å²) in [6, 6.07) is 0. The minimum Gasteiger partial charge on any atom is -0.481 e. The van der Waals surface area contributed by atoms with Crippen molar-refractivity contribution < 1.29 is 14.7 Å². The van der Waals surface area contributed by atoms with E-state index < -0.39 is 5.97 Å². The number of anilines is 1. The SMILES string of the molecule is CC(C)(C)c1nnsc1C(=O)Nc1nc(CC(=O)O)cs1. The number of amides is 1. The normalized spacial score (nSPS) is 11.4. The lowest BCUT2D eigenvalue weighted by Gasteiger charge is -2.15. The van der Waals surface area contributed by atoms with Crippen LogP contribution < -0.4 is 5.32 Å². The van der Waals surface area contributed by atoms with E-state index in [4.69, 9.17) is 5.11 Å². The third kappa shape index (κ3) is 3.82. The lowest BCUT2D eigenvalue weighted by molar-refractivity contribution is -0.136. The van der Waals surface area contributed by atoms with Crippen LogP contribution in [0.3, 0.4) is 0 Å². The van der Waals surface area contributed by atoms with Gasteiger partial charge < -0.3 is 5.11 Å². The zero-order valence-corrected chi connectivity index (χ0v) is 13.3. The fourth-order valence-corrected chi connectivity index (χ4v) is 3.06. The van der Waals surface area contributed by atoms with Crippen LogP contribution in [0.15, 0.2) is 5.38 Å². The van der Waals surface area contributed by atoms with E-state index in [2.05, 4.69) is 19.9 Å². The molecule has 0 aliphatic heterocycles. The predicted molar refractivity (Wildman–Crippen MR) is 80.0 cm³/mol. The molecule has 0 saturated carbocycles. The van der Waals surface area contributed by atoms with Crippen molar-refractivity contribution in [2.24, 2.45) is 0 Å². The molecule has 2 aromatic heterocycles. The Morgan fingerprint density at radius 2 is 2.10 bits per heavy atom. The van der Waals surface area contributed by atoms with Gasteiger partial charge in [0.05, 0.1) is 17.8 Å². The molecule has 0 fully saturated rings. The van der Waals surface area contributed by atoms with Crippen LogP contribution in [0.5, 0.6) is 0 Å². The molecule has 0 aliphatic carbocycles.